The molecule has 0 saturated heterocycles. The van der Waals surface area contributed by atoms with Gasteiger partial charge in [0.25, 0.3) is 11.8 Å². The Balaban J connectivity index is 2.40. The molecule has 0 spiro atoms. The molecule has 0 aliphatic heterocycles. The molecular formula is C20H24N2O5. The lowest BCUT2D eigenvalue weighted by molar-refractivity contribution is -0.127. The molecule has 0 aliphatic carbocycles. The third kappa shape index (κ3) is 4.91. The van der Waals surface area contributed by atoms with Crippen molar-refractivity contribution < 1.29 is 23.5 Å². The Morgan fingerprint density at radius 1 is 1.11 bits per heavy atom. The van der Waals surface area contributed by atoms with Crippen LogP contribution in [-0.2, 0) is 4.79 Å². The first-order valence-corrected chi connectivity index (χ1v) is 8.61. The minimum absolute atomic E-state index is 0.126. The predicted octanol–water partition coefficient (Wildman–Crippen LogP) is 2.94. The number of furan rings is 1. The van der Waals surface area contributed by atoms with Gasteiger partial charge in [-0.15, -0.1) is 0 Å². The van der Waals surface area contributed by atoms with Gasteiger partial charge in [-0.1, -0.05) is 6.07 Å². The highest BCUT2D eigenvalue weighted by molar-refractivity contribution is 6.04. The van der Waals surface area contributed by atoms with Crippen molar-refractivity contribution in [3.63, 3.8) is 0 Å². The van der Waals surface area contributed by atoms with Crippen LogP contribution in [0.15, 0.2) is 46.7 Å². The van der Waals surface area contributed by atoms with Crippen molar-refractivity contribution in [1.29, 1.82) is 0 Å². The first-order valence-electron chi connectivity index (χ1n) is 8.61. The molecule has 0 aliphatic rings. The lowest BCUT2D eigenvalue weighted by Crippen LogP contribution is -2.38. The van der Waals surface area contributed by atoms with Crippen LogP contribution in [0.2, 0.25) is 0 Å². The highest BCUT2D eigenvalue weighted by atomic mass is 16.5. The quantitative estimate of drug-likeness (QED) is 0.721. The van der Waals surface area contributed by atoms with Gasteiger partial charge < -0.3 is 24.1 Å². The zero-order valence-corrected chi connectivity index (χ0v) is 15.9. The summed E-state index contributed by atoms with van der Waals surface area (Å²) in [6.07, 6.45) is 3.00. The monoisotopic (exact) mass is 372 g/mol. The third-order valence-corrected chi connectivity index (χ3v) is 3.99. The molecule has 1 aromatic carbocycles. The maximum atomic E-state index is 12.8. The van der Waals surface area contributed by atoms with Crippen LogP contribution < -0.4 is 14.8 Å². The summed E-state index contributed by atoms with van der Waals surface area (Å²) in [5.41, 5.74) is 0.829. The van der Waals surface area contributed by atoms with Gasteiger partial charge in [-0.2, -0.15) is 0 Å². The maximum Gasteiger partial charge on any atom is 0.291 e. The number of nitrogens with one attached hydrogen (secondary N) is 1. The number of carbonyl (C=O) groups excluding carboxylic acids is 2. The lowest BCUT2D eigenvalue weighted by atomic mass is 10.1. The van der Waals surface area contributed by atoms with Crippen LogP contribution in [0.3, 0.4) is 0 Å². The van der Waals surface area contributed by atoms with Gasteiger partial charge in [0, 0.05) is 13.1 Å². The first kappa shape index (κ1) is 20.1. The minimum Gasteiger partial charge on any atom is -0.493 e. The molecule has 27 heavy (non-hydrogen) atoms. The van der Waals surface area contributed by atoms with E-state index >= 15 is 0 Å². The zero-order valence-electron chi connectivity index (χ0n) is 15.9. The van der Waals surface area contributed by atoms with Crippen LogP contribution in [0.25, 0.3) is 6.08 Å². The molecule has 144 valence electrons. The van der Waals surface area contributed by atoms with E-state index < -0.39 is 5.91 Å². The summed E-state index contributed by atoms with van der Waals surface area (Å²) in [5, 5.41) is 2.65. The van der Waals surface area contributed by atoms with Crippen molar-refractivity contribution in [2.45, 2.75) is 13.8 Å². The van der Waals surface area contributed by atoms with Crippen molar-refractivity contribution >= 4 is 17.9 Å². The molecule has 0 fully saturated rings. The van der Waals surface area contributed by atoms with Crippen LogP contribution in [-0.4, -0.2) is 44.0 Å². The summed E-state index contributed by atoms with van der Waals surface area (Å²) < 4.78 is 15.6. The molecule has 0 radical (unpaired) electrons. The number of methoxy groups -OCH3 is 2. The van der Waals surface area contributed by atoms with Gasteiger partial charge in [-0.25, -0.2) is 0 Å². The first-order chi connectivity index (χ1) is 13.0. The predicted molar refractivity (Wildman–Crippen MR) is 102 cm³/mol. The molecule has 2 aromatic rings. The van der Waals surface area contributed by atoms with E-state index in [1.807, 2.05) is 13.8 Å². The zero-order chi connectivity index (χ0) is 19.8. The largest absolute Gasteiger partial charge is 0.493 e. The smallest absolute Gasteiger partial charge is 0.291 e. The summed E-state index contributed by atoms with van der Waals surface area (Å²) in [6.45, 7) is 4.80. The van der Waals surface area contributed by atoms with E-state index in [2.05, 4.69) is 5.32 Å². The second kappa shape index (κ2) is 9.47. The molecule has 1 heterocycles. The summed E-state index contributed by atoms with van der Waals surface area (Å²) in [5.74, 6) is 0.451. The molecular weight excluding hydrogens is 348 g/mol. The molecule has 0 atom stereocenters. The van der Waals surface area contributed by atoms with E-state index in [0.717, 1.165) is 0 Å². The van der Waals surface area contributed by atoms with Gasteiger partial charge in [-0.05, 0) is 49.8 Å². The average Bonchev–Trinajstić information content (AvgIpc) is 3.23. The van der Waals surface area contributed by atoms with Crippen LogP contribution in [0.1, 0.15) is 30.0 Å². The van der Waals surface area contributed by atoms with Crippen molar-refractivity contribution in [2.24, 2.45) is 0 Å². The fourth-order valence-corrected chi connectivity index (χ4v) is 2.53. The van der Waals surface area contributed by atoms with E-state index in [-0.39, 0.29) is 17.4 Å². The second-order valence-corrected chi connectivity index (χ2v) is 5.58. The highest BCUT2D eigenvalue weighted by Gasteiger charge is 2.20. The fraction of sp³-hybridized carbons (Fsp3) is 0.300. The van der Waals surface area contributed by atoms with Crippen LogP contribution in [0, 0.1) is 0 Å². The third-order valence-electron chi connectivity index (χ3n) is 3.99. The van der Waals surface area contributed by atoms with Crippen molar-refractivity contribution in [3.05, 3.63) is 53.6 Å². The summed E-state index contributed by atoms with van der Waals surface area (Å²) >= 11 is 0. The van der Waals surface area contributed by atoms with E-state index in [4.69, 9.17) is 13.9 Å². The van der Waals surface area contributed by atoms with Gasteiger partial charge >= 0.3 is 0 Å². The Bertz CT molecular complexity index is 808. The fourth-order valence-electron chi connectivity index (χ4n) is 2.53. The number of likely N-dealkylation sites (N-methyl/N-ethyl adjacent to an activating group) is 1. The van der Waals surface area contributed by atoms with E-state index in [0.29, 0.717) is 30.2 Å². The van der Waals surface area contributed by atoms with Gasteiger partial charge in [0.15, 0.2) is 17.3 Å². The topological polar surface area (TPSA) is 81.0 Å². The average molecular weight is 372 g/mol. The van der Waals surface area contributed by atoms with Crippen molar-refractivity contribution in [1.82, 2.24) is 10.2 Å². The molecule has 0 bridgehead atoms. The number of ether oxygens (including phenoxy) is 2. The number of nitrogens with zero attached hydrogens (tertiary/aromatic N) is 1. The van der Waals surface area contributed by atoms with Crippen LogP contribution >= 0.6 is 0 Å². The number of benzene rings is 1. The molecule has 1 aromatic heterocycles. The summed E-state index contributed by atoms with van der Waals surface area (Å²) in [6, 6.07) is 8.38. The molecule has 2 rings (SSSR count). The molecule has 0 unspecified atom stereocenters. The van der Waals surface area contributed by atoms with Gasteiger partial charge in [0.1, 0.15) is 5.70 Å². The molecule has 1 N–H and O–H groups in total. The second-order valence-electron chi connectivity index (χ2n) is 5.58. The minimum atomic E-state index is -0.493. The summed E-state index contributed by atoms with van der Waals surface area (Å²) in [7, 11) is 3.08. The number of rotatable bonds is 8. The van der Waals surface area contributed by atoms with Gasteiger partial charge in [0.05, 0.1) is 20.5 Å². The number of amides is 2. The summed E-state index contributed by atoms with van der Waals surface area (Å²) in [4.78, 5) is 26.8. The van der Waals surface area contributed by atoms with Crippen molar-refractivity contribution in [3.8, 4) is 11.5 Å². The van der Waals surface area contributed by atoms with Gasteiger partial charge in [0.2, 0.25) is 0 Å². The Morgan fingerprint density at radius 2 is 1.81 bits per heavy atom. The van der Waals surface area contributed by atoms with Crippen LogP contribution in [0.5, 0.6) is 11.5 Å². The number of hydrogen-bond acceptors (Lipinski definition) is 5. The van der Waals surface area contributed by atoms with E-state index in [1.165, 1.54) is 19.4 Å². The Labute approximate surface area is 158 Å². The SMILES string of the molecule is CCN(CC)C(=O)/C(=C/c1ccc(OC)c(OC)c1)NC(=O)c1ccco1. The highest BCUT2D eigenvalue weighted by Crippen LogP contribution is 2.28. The number of carbonyl (C=O) groups is 2. The Hall–Kier alpha value is -3.22. The maximum absolute atomic E-state index is 12.8. The standard InChI is InChI=1S/C20H24N2O5/c1-5-22(6-2)20(24)15(21-19(23)17-8-7-11-27-17)12-14-9-10-16(25-3)18(13-14)26-4/h7-13H,5-6H2,1-4H3,(H,21,23)/b15-12-. The van der Waals surface area contributed by atoms with Crippen molar-refractivity contribution in [2.75, 3.05) is 27.3 Å². The number of hydrogen-bond donors (Lipinski definition) is 1. The normalized spacial score (nSPS) is 11.0. The van der Waals surface area contributed by atoms with Gasteiger partial charge in [-0.3, -0.25) is 9.59 Å². The Kier molecular flexibility index (Phi) is 7.05. The molecule has 0 saturated carbocycles. The Morgan fingerprint density at radius 3 is 2.37 bits per heavy atom. The molecule has 7 nitrogen and oxygen atoms in total. The van der Waals surface area contributed by atoms with E-state index in [1.54, 1.807) is 42.4 Å². The van der Waals surface area contributed by atoms with E-state index in [9.17, 15) is 9.59 Å². The molecule has 2 amide bonds. The molecule has 7 heteroatoms. The van der Waals surface area contributed by atoms with Crippen LogP contribution in [0.4, 0.5) is 0 Å². The lowest BCUT2D eigenvalue weighted by Gasteiger charge is -2.20.